The largest absolute Gasteiger partial charge is 0.370 e. The molecule has 2 spiro atoms. The summed E-state index contributed by atoms with van der Waals surface area (Å²) < 4.78 is 0.248. The molecule has 1 saturated heterocycles. The number of urea groups is 1. The molecule has 16 nitrogen and oxygen atoms in total. The number of rotatable bonds is 13. The van der Waals surface area contributed by atoms with E-state index in [9.17, 15) is 28.8 Å². The highest BCUT2D eigenvalue weighted by Gasteiger charge is 2.85. The maximum Gasteiger partial charge on any atom is 0.320 e. The summed E-state index contributed by atoms with van der Waals surface area (Å²) in [4.78, 5) is 86.2. The molecule has 0 aromatic carbocycles. The number of likely N-dealkylation sites (N-methyl/N-ethyl adjacent to an activating group) is 1. The summed E-state index contributed by atoms with van der Waals surface area (Å²) in [5.74, 6) is -2.85. The van der Waals surface area contributed by atoms with Crippen molar-refractivity contribution in [1.29, 1.82) is 0 Å². The minimum Gasteiger partial charge on any atom is -0.370 e. The first-order valence-electron chi connectivity index (χ1n) is 18.6. The first-order valence-corrected chi connectivity index (χ1v) is 18.6. The molecule has 2 heterocycles. The van der Waals surface area contributed by atoms with Gasteiger partial charge in [-0.25, -0.2) is 9.79 Å². The van der Waals surface area contributed by atoms with Gasteiger partial charge in [-0.05, 0) is 54.8 Å². The molecule has 16 heteroatoms. The molecule has 9 N–H and O–H groups in total. The maximum atomic E-state index is 14.8. The van der Waals surface area contributed by atoms with Gasteiger partial charge in [0.1, 0.15) is 12.1 Å². The lowest BCUT2D eigenvalue weighted by atomic mass is 9.73. The highest BCUT2D eigenvalue weighted by molar-refractivity contribution is 6.37. The number of amides is 6. The molecule has 6 amide bonds. The van der Waals surface area contributed by atoms with Crippen LogP contribution in [0, 0.1) is 27.6 Å². The lowest BCUT2D eigenvalue weighted by molar-refractivity contribution is -0.896. The van der Waals surface area contributed by atoms with Crippen molar-refractivity contribution in [2.75, 3.05) is 34.2 Å². The van der Waals surface area contributed by atoms with Crippen LogP contribution < -0.4 is 38.1 Å². The molecule has 2 aliphatic heterocycles. The molecule has 5 aliphatic rings. The van der Waals surface area contributed by atoms with Gasteiger partial charge in [-0.1, -0.05) is 60.3 Å². The van der Waals surface area contributed by atoms with Crippen LogP contribution in [0.25, 0.3) is 0 Å². The second kappa shape index (κ2) is 13.2. The van der Waals surface area contributed by atoms with Crippen molar-refractivity contribution in [2.45, 2.75) is 123 Å². The highest BCUT2D eigenvalue weighted by Crippen LogP contribution is 2.88. The van der Waals surface area contributed by atoms with Gasteiger partial charge in [-0.15, -0.1) is 0 Å². The quantitative estimate of drug-likeness (QED) is 0.0774. The van der Waals surface area contributed by atoms with Gasteiger partial charge in [0.2, 0.25) is 23.3 Å². The molecule has 0 radical (unpaired) electrons. The van der Waals surface area contributed by atoms with Crippen LogP contribution in [0.4, 0.5) is 4.79 Å². The summed E-state index contributed by atoms with van der Waals surface area (Å²) in [6.45, 7) is 12.0. The molecule has 52 heavy (non-hydrogen) atoms. The third-order valence-corrected chi connectivity index (χ3v) is 13.3. The van der Waals surface area contributed by atoms with Crippen molar-refractivity contribution < 1.29 is 33.3 Å². The minimum absolute atomic E-state index is 0.00928. The Morgan fingerprint density at radius 3 is 2.04 bits per heavy atom. The van der Waals surface area contributed by atoms with Crippen molar-refractivity contribution in [3.63, 3.8) is 0 Å². The van der Waals surface area contributed by atoms with Crippen LogP contribution >= 0.6 is 0 Å². The fourth-order valence-electron chi connectivity index (χ4n) is 9.42. The van der Waals surface area contributed by atoms with Gasteiger partial charge in [-0.3, -0.25) is 29.3 Å². The first-order chi connectivity index (χ1) is 23.9. The van der Waals surface area contributed by atoms with E-state index in [2.05, 4.69) is 45.4 Å². The smallest absolute Gasteiger partial charge is 0.320 e. The molecule has 4 fully saturated rings. The van der Waals surface area contributed by atoms with E-state index in [0.29, 0.717) is 19.4 Å². The number of guanidine groups is 1. The molecule has 5 rings (SSSR count). The number of nitrogens with one attached hydrogen (secondary N) is 5. The van der Waals surface area contributed by atoms with Gasteiger partial charge >= 0.3 is 6.03 Å². The standard InChI is InChI=1S/C36H60N10O6/c1-32(2,3)25(42-31(52)41-23(46(7,8)9)18-39-29(51)34(6)43-30(38)44-34)28(50)45-19-36(33(4,5)35(36)14-11-15-35)17-22(45)27(49)40-21(24(47)26(37)48)16-20-12-10-13-20/h20-23,25H,10-19H2,1-9H3,(H8-,37,38,39,40,41,42,43,44,48,49,51,52)/p+1/t21?,22-,23-,25+,36+/m0/s1. The van der Waals surface area contributed by atoms with Crippen LogP contribution in [0.3, 0.4) is 0 Å². The number of nitrogens with zero attached hydrogens (tertiary/aromatic N) is 3. The molecule has 6 atom stereocenters. The van der Waals surface area contributed by atoms with Crippen molar-refractivity contribution in [1.82, 2.24) is 31.5 Å². The van der Waals surface area contributed by atoms with Gasteiger partial charge in [0, 0.05) is 12.0 Å². The van der Waals surface area contributed by atoms with Crippen molar-refractivity contribution in [2.24, 2.45) is 44.0 Å². The van der Waals surface area contributed by atoms with E-state index in [1.165, 1.54) is 0 Å². The minimum atomic E-state index is -1.19. The zero-order valence-electron chi connectivity index (χ0n) is 32.4. The van der Waals surface area contributed by atoms with Gasteiger partial charge < -0.3 is 42.1 Å². The second-order valence-electron chi connectivity index (χ2n) is 18.6. The number of hydrogen-bond acceptors (Lipinski definition) is 9. The Morgan fingerprint density at radius 1 is 0.981 bits per heavy atom. The molecule has 3 saturated carbocycles. The lowest BCUT2D eigenvalue weighted by Crippen LogP contribution is -2.68. The predicted octanol–water partition coefficient (Wildman–Crippen LogP) is 0.00970. The second-order valence-corrected chi connectivity index (χ2v) is 18.6. The van der Waals surface area contributed by atoms with Crippen molar-refractivity contribution >= 4 is 41.4 Å². The predicted molar refractivity (Wildman–Crippen MR) is 194 cm³/mol. The number of primary amides is 1. The van der Waals surface area contributed by atoms with E-state index in [1.54, 1.807) is 11.8 Å². The third kappa shape index (κ3) is 6.71. The molecule has 0 bridgehead atoms. The van der Waals surface area contributed by atoms with Crippen LogP contribution in [0.1, 0.15) is 92.9 Å². The van der Waals surface area contributed by atoms with E-state index in [4.69, 9.17) is 11.5 Å². The van der Waals surface area contributed by atoms with E-state index < -0.39 is 70.8 Å². The number of ketones is 1. The van der Waals surface area contributed by atoms with E-state index >= 15 is 0 Å². The van der Waals surface area contributed by atoms with Gasteiger partial charge in [0.15, 0.2) is 12.1 Å². The van der Waals surface area contributed by atoms with Gasteiger partial charge in [0.25, 0.3) is 11.8 Å². The number of carbonyl (C=O) groups excluding carboxylic acids is 6. The highest BCUT2D eigenvalue weighted by atomic mass is 16.2. The number of likely N-dealkylation sites (tertiary alicyclic amines) is 1. The van der Waals surface area contributed by atoms with Gasteiger partial charge in [0.05, 0.1) is 33.7 Å². The van der Waals surface area contributed by atoms with E-state index in [0.717, 1.165) is 38.5 Å². The summed E-state index contributed by atoms with van der Waals surface area (Å²) in [6.07, 6.45) is 6.12. The number of carbonyl (C=O) groups is 6. The summed E-state index contributed by atoms with van der Waals surface area (Å²) in [5.41, 5.74) is 8.62. The SMILES string of the molecule is CC1(C(=O)NC[C@@H](NC(=O)N[C@H](C(=O)N2C[C@]3(C[C@H]2C(=O)NC(CC2CCC2)C(=O)C(N)=O)C(C)(C)C32CCC2)C(C)(C)C)[N+](C)(C)C)N=C(N)N1. The zero-order valence-corrected chi connectivity index (χ0v) is 32.4. The van der Waals surface area contributed by atoms with Crippen LogP contribution in [0.2, 0.25) is 0 Å². The lowest BCUT2D eigenvalue weighted by Gasteiger charge is -2.38. The van der Waals surface area contributed by atoms with Gasteiger partial charge in [-0.2, -0.15) is 0 Å². The monoisotopic (exact) mass is 729 g/mol. The average molecular weight is 730 g/mol. The molecule has 0 aromatic heterocycles. The Kier molecular flexibility index (Phi) is 9.94. The van der Waals surface area contributed by atoms with E-state index in [1.807, 2.05) is 41.9 Å². The van der Waals surface area contributed by atoms with Crippen molar-refractivity contribution in [3.8, 4) is 0 Å². The van der Waals surface area contributed by atoms with E-state index in [-0.39, 0.29) is 39.2 Å². The maximum absolute atomic E-state index is 14.8. The summed E-state index contributed by atoms with van der Waals surface area (Å²) in [5, 5.41) is 14.3. The normalized spacial score (nSPS) is 28.8. The summed E-state index contributed by atoms with van der Waals surface area (Å²) >= 11 is 0. The number of fused-ring (bicyclic) bond motifs is 1. The third-order valence-electron chi connectivity index (χ3n) is 13.3. The fourth-order valence-corrected chi connectivity index (χ4v) is 9.42. The first kappa shape index (κ1) is 39.3. The molecule has 290 valence electrons. The molecule has 2 unspecified atom stereocenters. The molecular weight excluding hydrogens is 668 g/mol. The van der Waals surface area contributed by atoms with Crippen LogP contribution in [-0.2, 0) is 24.0 Å². The number of Topliss-reactive ketones (excluding diaryl/α,β-unsaturated/α-hetero) is 1. The number of aliphatic imine (C=N–C) groups is 1. The Bertz CT molecular complexity index is 1540. The number of nitrogens with two attached hydrogens (primary N) is 2. The molecule has 3 aliphatic carbocycles. The summed E-state index contributed by atoms with van der Waals surface area (Å²) in [6, 6.07) is -3.61. The van der Waals surface area contributed by atoms with Crippen LogP contribution in [0.15, 0.2) is 4.99 Å². The average Bonchev–Trinajstić information content (AvgIpc) is 3.19. The summed E-state index contributed by atoms with van der Waals surface area (Å²) in [7, 11) is 5.60. The van der Waals surface area contributed by atoms with Crippen molar-refractivity contribution in [3.05, 3.63) is 0 Å². The zero-order chi connectivity index (χ0) is 38.8. The topological polar surface area (TPSA) is 230 Å². The number of hydrogen-bond donors (Lipinski definition) is 7. The van der Waals surface area contributed by atoms with Crippen LogP contribution in [0.5, 0.6) is 0 Å². The Morgan fingerprint density at radius 2 is 1.60 bits per heavy atom. The molecule has 0 aromatic rings. The Hall–Kier alpha value is -3.95. The molecular formula is C36H61N10O6+. The number of quaternary nitrogens is 1. The Balaban J connectivity index is 1.36. The van der Waals surface area contributed by atoms with Crippen LogP contribution in [-0.4, -0.2) is 115 Å². The Labute approximate surface area is 307 Å². The fraction of sp³-hybridized carbons (Fsp3) is 0.806.